The maximum Gasteiger partial charge on any atom is 0.151 e. The summed E-state index contributed by atoms with van der Waals surface area (Å²) >= 11 is 0. The molecule has 2 aromatic rings. The third-order valence-corrected chi connectivity index (χ3v) is 3.12. The zero-order valence-electron chi connectivity index (χ0n) is 11.2. The molecule has 0 spiro atoms. The Morgan fingerprint density at radius 1 is 1.28 bits per heavy atom. The largest absolute Gasteiger partial charge is 0.315 e. The molecule has 0 bridgehead atoms. The van der Waals surface area contributed by atoms with E-state index in [1.807, 2.05) is 44.3 Å². The quantitative estimate of drug-likeness (QED) is 0.894. The maximum absolute atomic E-state index is 6.45. The number of nitrogens with two attached hydrogens (primary N) is 1. The molecule has 18 heavy (non-hydrogen) atoms. The average Bonchev–Trinajstić information content (AvgIpc) is 2.73. The zero-order chi connectivity index (χ0) is 13.2. The normalized spacial score (nSPS) is 14.4. The van der Waals surface area contributed by atoms with Crippen LogP contribution in [0.5, 0.6) is 0 Å². The fourth-order valence-corrected chi connectivity index (χ4v) is 2.13. The Kier molecular flexibility index (Phi) is 3.48. The van der Waals surface area contributed by atoms with Gasteiger partial charge in [-0.1, -0.05) is 37.3 Å². The summed E-state index contributed by atoms with van der Waals surface area (Å²) in [4.78, 5) is 4.57. The minimum absolute atomic E-state index is 0.616. The van der Waals surface area contributed by atoms with E-state index in [-0.39, 0.29) is 0 Å². The second-order valence-corrected chi connectivity index (χ2v) is 4.79. The predicted molar refractivity (Wildman–Crippen MR) is 72.1 cm³/mol. The molecule has 0 saturated carbocycles. The van der Waals surface area contributed by atoms with Crippen LogP contribution in [0.2, 0.25) is 0 Å². The summed E-state index contributed by atoms with van der Waals surface area (Å²) in [5, 5.41) is 4.42. The predicted octanol–water partition coefficient (Wildman–Crippen LogP) is 1.99. The minimum atomic E-state index is -0.616. The van der Waals surface area contributed by atoms with Crippen LogP contribution in [0.15, 0.2) is 30.3 Å². The van der Waals surface area contributed by atoms with Gasteiger partial charge in [0.15, 0.2) is 11.6 Å². The molecule has 4 nitrogen and oxygen atoms in total. The maximum atomic E-state index is 6.45. The third kappa shape index (κ3) is 2.29. The Labute approximate surface area is 108 Å². The van der Waals surface area contributed by atoms with Crippen LogP contribution in [0.4, 0.5) is 0 Å². The molecular formula is C14H20N4. The highest BCUT2D eigenvalue weighted by molar-refractivity contribution is 5.30. The Balaban J connectivity index is 2.41. The number of benzene rings is 1. The van der Waals surface area contributed by atoms with E-state index in [1.165, 1.54) is 0 Å². The van der Waals surface area contributed by atoms with Crippen molar-refractivity contribution in [1.29, 1.82) is 0 Å². The van der Waals surface area contributed by atoms with Crippen molar-refractivity contribution in [3.63, 3.8) is 0 Å². The molecular weight excluding hydrogens is 224 g/mol. The molecule has 1 atom stereocenters. The molecule has 0 aliphatic heterocycles. The molecule has 1 heterocycles. The Morgan fingerprint density at radius 3 is 2.56 bits per heavy atom. The first-order chi connectivity index (χ1) is 8.55. The first-order valence-electron chi connectivity index (χ1n) is 6.30. The van der Waals surface area contributed by atoms with Crippen molar-refractivity contribution in [2.75, 3.05) is 0 Å². The van der Waals surface area contributed by atoms with Crippen LogP contribution >= 0.6 is 0 Å². The highest BCUT2D eigenvalue weighted by Crippen LogP contribution is 2.24. The summed E-state index contributed by atoms with van der Waals surface area (Å²) in [5.41, 5.74) is 6.88. The fourth-order valence-electron chi connectivity index (χ4n) is 2.13. The lowest BCUT2D eigenvalue weighted by Crippen LogP contribution is -2.37. The van der Waals surface area contributed by atoms with Crippen LogP contribution in [0.1, 0.15) is 37.5 Å². The molecule has 1 aromatic carbocycles. The van der Waals surface area contributed by atoms with Gasteiger partial charge in [0, 0.05) is 13.5 Å². The van der Waals surface area contributed by atoms with Crippen LogP contribution in [-0.4, -0.2) is 14.8 Å². The smallest absolute Gasteiger partial charge is 0.151 e. The minimum Gasteiger partial charge on any atom is -0.315 e. The Morgan fingerprint density at radius 2 is 1.94 bits per heavy atom. The highest BCUT2D eigenvalue weighted by Gasteiger charge is 2.29. The first kappa shape index (κ1) is 12.8. The van der Waals surface area contributed by atoms with E-state index in [4.69, 9.17) is 5.73 Å². The Bertz CT molecular complexity index is 514. The summed E-state index contributed by atoms with van der Waals surface area (Å²) < 4.78 is 1.79. The van der Waals surface area contributed by atoms with Gasteiger partial charge in [0.25, 0.3) is 0 Å². The average molecular weight is 244 g/mol. The van der Waals surface area contributed by atoms with Crippen molar-refractivity contribution < 1.29 is 0 Å². The van der Waals surface area contributed by atoms with Crippen molar-refractivity contribution in [3.8, 4) is 0 Å². The van der Waals surface area contributed by atoms with E-state index in [1.54, 1.807) is 4.68 Å². The van der Waals surface area contributed by atoms with Gasteiger partial charge in [0.1, 0.15) is 0 Å². The topological polar surface area (TPSA) is 56.7 Å². The number of aryl methyl sites for hydroxylation is 2. The zero-order valence-corrected chi connectivity index (χ0v) is 11.2. The number of aromatic nitrogens is 3. The molecule has 1 unspecified atom stereocenters. The van der Waals surface area contributed by atoms with Crippen LogP contribution < -0.4 is 5.73 Å². The van der Waals surface area contributed by atoms with Crippen LogP contribution in [0.3, 0.4) is 0 Å². The van der Waals surface area contributed by atoms with Crippen molar-refractivity contribution >= 4 is 0 Å². The second-order valence-electron chi connectivity index (χ2n) is 4.79. The second kappa shape index (κ2) is 4.90. The van der Waals surface area contributed by atoms with Crippen LogP contribution in [0.25, 0.3) is 0 Å². The molecule has 0 fully saturated rings. The van der Waals surface area contributed by atoms with Gasteiger partial charge in [0.05, 0.1) is 5.54 Å². The molecule has 4 heteroatoms. The Hall–Kier alpha value is -1.68. The summed E-state index contributed by atoms with van der Waals surface area (Å²) in [5.74, 6) is 1.67. The van der Waals surface area contributed by atoms with E-state index in [2.05, 4.69) is 17.0 Å². The van der Waals surface area contributed by atoms with Crippen molar-refractivity contribution in [2.24, 2.45) is 12.8 Å². The molecule has 0 saturated heterocycles. The lowest BCUT2D eigenvalue weighted by molar-refractivity contribution is 0.517. The van der Waals surface area contributed by atoms with E-state index < -0.39 is 5.54 Å². The lowest BCUT2D eigenvalue weighted by Gasteiger charge is -2.23. The molecule has 0 radical (unpaired) electrons. The molecule has 2 N–H and O–H groups in total. The summed E-state index contributed by atoms with van der Waals surface area (Å²) in [6.45, 7) is 4.09. The summed E-state index contributed by atoms with van der Waals surface area (Å²) in [7, 11) is 1.90. The van der Waals surface area contributed by atoms with E-state index in [9.17, 15) is 0 Å². The summed E-state index contributed by atoms with van der Waals surface area (Å²) in [6.07, 6.45) is 1.93. The van der Waals surface area contributed by atoms with Gasteiger partial charge >= 0.3 is 0 Å². The standard InChI is InChI=1S/C14H20N4/c1-4-8-12-16-13(18(3)17-12)14(2,15)11-9-6-5-7-10-11/h5-7,9-10H,4,8,15H2,1-3H3. The number of hydrogen-bond acceptors (Lipinski definition) is 3. The van der Waals surface area contributed by atoms with Gasteiger partial charge in [0.2, 0.25) is 0 Å². The molecule has 1 aromatic heterocycles. The SMILES string of the molecule is CCCc1nc(C(C)(N)c2ccccc2)n(C)n1. The molecule has 0 amide bonds. The highest BCUT2D eigenvalue weighted by atomic mass is 15.3. The van der Waals surface area contributed by atoms with E-state index in [0.29, 0.717) is 0 Å². The van der Waals surface area contributed by atoms with Crippen LogP contribution in [0, 0.1) is 0 Å². The van der Waals surface area contributed by atoms with Gasteiger partial charge in [-0.15, -0.1) is 0 Å². The number of nitrogens with zero attached hydrogens (tertiary/aromatic N) is 3. The van der Waals surface area contributed by atoms with Gasteiger partial charge in [-0.25, -0.2) is 4.98 Å². The van der Waals surface area contributed by atoms with E-state index in [0.717, 1.165) is 30.1 Å². The monoisotopic (exact) mass is 244 g/mol. The van der Waals surface area contributed by atoms with E-state index >= 15 is 0 Å². The van der Waals surface area contributed by atoms with Crippen molar-refractivity contribution in [2.45, 2.75) is 32.2 Å². The fraction of sp³-hybridized carbons (Fsp3) is 0.429. The first-order valence-corrected chi connectivity index (χ1v) is 6.30. The molecule has 96 valence electrons. The summed E-state index contributed by atoms with van der Waals surface area (Å²) in [6, 6.07) is 10.0. The number of hydrogen-bond donors (Lipinski definition) is 1. The van der Waals surface area contributed by atoms with Gasteiger partial charge in [-0.05, 0) is 18.9 Å². The van der Waals surface area contributed by atoms with Gasteiger partial charge in [-0.3, -0.25) is 4.68 Å². The van der Waals surface area contributed by atoms with Crippen molar-refractivity contribution in [1.82, 2.24) is 14.8 Å². The number of rotatable bonds is 4. The van der Waals surface area contributed by atoms with Crippen molar-refractivity contribution in [3.05, 3.63) is 47.5 Å². The molecule has 2 rings (SSSR count). The lowest BCUT2D eigenvalue weighted by atomic mass is 9.92. The van der Waals surface area contributed by atoms with Crippen LogP contribution in [-0.2, 0) is 19.0 Å². The van der Waals surface area contributed by atoms with Gasteiger partial charge < -0.3 is 5.73 Å². The molecule has 0 aliphatic rings. The third-order valence-electron chi connectivity index (χ3n) is 3.12. The molecule has 0 aliphatic carbocycles. The van der Waals surface area contributed by atoms with Gasteiger partial charge in [-0.2, -0.15) is 5.10 Å².